The molecule has 72 valence electrons. The Morgan fingerprint density at radius 2 is 1.92 bits per heavy atom. The van der Waals surface area contributed by atoms with Gasteiger partial charge in [-0.25, -0.2) is 0 Å². The van der Waals surface area contributed by atoms with Crippen LogP contribution in [0.4, 0.5) is 0 Å². The number of hydrogen-bond acceptors (Lipinski definition) is 3. The molecular weight excluding hydrogens is 156 g/mol. The molecule has 1 fully saturated rings. The summed E-state index contributed by atoms with van der Waals surface area (Å²) in [6.45, 7) is 4.26. The van der Waals surface area contributed by atoms with Crippen molar-refractivity contribution in [1.82, 2.24) is 0 Å². The first-order valence-corrected chi connectivity index (χ1v) is 4.45. The minimum atomic E-state index is -0.185. The number of hydrogen-bond donors (Lipinski definition) is 0. The first-order valence-electron chi connectivity index (χ1n) is 4.45. The molecule has 0 N–H and O–H groups in total. The van der Waals surface area contributed by atoms with Crippen molar-refractivity contribution in [1.29, 1.82) is 0 Å². The van der Waals surface area contributed by atoms with Crippen LogP contribution in [0.3, 0.4) is 0 Å². The van der Waals surface area contributed by atoms with E-state index in [0.717, 1.165) is 6.42 Å². The zero-order valence-electron chi connectivity index (χ0n) is 8.24. The van der Waals surface area contributed by atoms with Crippen molar-refractivity contribution in [2.45, 2.75) is 38.8 Å². The van der Waals surface area contributed by atoms with Crippen LogP contribution in [-0.4, -0.2) is 32.7 Å². The summed E-state index contributed by atoms with van der Waals surface area (Å²) in [6.07, 6.45) is 1.19. The molecule has 1 aliphatic rings. The molecule has 0 aliphatic carbocycles. The Bertz CT molecular complexity index is 136. The second kappa shape index (κ2) is 4.21. The summed E-state index contributed by atoms with van der Waals surface area (Å²) in [7, 11) is 3.36. The topological polar surface area (TPSA) is 27.7 Å². The quantitative estimate of drug-likeness (QED) is 0.647. The fourth-order valence-electron chi connectivity index (χ4n) is 1.82. The maximum atomic E-state index is 5.63. The Balaban J connectivity index is 2.58. The van der Waals surface area contributed by atoms with E-state index in [9.17, 15) is 0 Å². The first kappa shape index (κ1) is 9.96. The summed E-state index contributed by atoms with van der Waals surface area (Å²) >= 11 is 0. The van der Waals surface area contributed by atoms with E-state index >= 15 is 0 Å². The van der Waals surface area contributed by atoms with Crippen LogP contribution in [0.1, 0.15) is 20.3 Å². The molecule has 0 bridgehead atoms. The molecule has 1 aliphatic heterocycles. The van der Waals surface area contributed by atoms with Crippen molar-refractivity contribution in [3.63, 3.8) is 0 Å². The van der Waals surface area contributed by atoms with Crippen molar-refractivity contribution >= 4 is 0 Å². The van der Waals surface area contributed by atoms with Gasteiger partial charge >= 0.3 is 0 Å². The highest BCUT2D eigenvalue weighted by molar-refractivity contribution is 4.83. The molecule has 0 spiro atoms. The Morgan fingerprint density at radius 1 is 1.25 bits per heavy atom. The van der Waals surface area contributed by atoms with Gasteiger partial charge in [0.15, 0.2) is 6.29 Å². The molecule has 1 rings (SSSR count). The average Bonchev–Trinajstić information content (AvgIpc) is 2.41. The predicted octanol–water partition coefficient (Wildman–Crippen LogP) is 1.42. The van der Waals surface area contributed by atoms with Crippen LogP contribution in [0.2, 0.25) is 0 Å². The molecule has 0 aromatic rings. The standard InChI is InChI=1S/C9H18O3/c1-5-7-6(2)8(10-3)9(11-4)12-7/h6-9H,5H2,1-4H3/t6-,7-,8-,9+/m1/s1. The van der Waals surface area contributed by atoms with Crippen molar-refractivity contribution in [3.05, 3.63) is 0 Å². The van der Waals surface area contributed by atoms with E-state index in [2.05, 4.69) is 13.8 Å². The summed E-state index contributed by atoms with van der Waals surface area (Å²) in [6, 6.07) is 0. The lowest BCUT2D eigenvalue weighted by atomic mass is 9.99. The maximum absolute atomic E-state index is 5.63. The van der Waals surface area contributed by atoms with Gasteiger partial charge in [0.1, 0.15) is 6.10 Å². The molecule has 3 nitrogen and oxygen atoms in total. The van der Waals surface area contributed by atoms with Crippen LogP contribution in [0.15, 0.2) is 0 Å². The third-order valence-electron chi connectivity index (χ3n) is 2.59. The molecule has 1 saturated heterocycles. The second-order valence-corrected chi connectivity index (χ2v) is 3.25. The Hall–Kier alpha value is -0.120. The molecule has 3 heteroatoms. The molecule has 0 saturated carbocycles. The molecule has 0 unspecified atom stereocenters. The van der Waals surface area contributed by atoms with Crippen LogP contribution in [-0.2, 0) is 14.2 Å². The number of rotatable bonds is 3. The van der Waals surface area contributed by atoms with E-state index in [1.165, 1.54) is 0 Å². The highest BCUT2D eigenvalue weighted by Crippen LogP contribution is 2.30. The lowest BCUT2D eigenvalue weighted by Crippen LogP contribution is -2.29. The lowest BCUT2D eigenvalue weighted by molar-refractivity contribution is -0.155. The van der Waals surface area contributed by atoms with E-state index in [1.807, 2.05) is 0 Å². The van der Waals surface area contributed by atoms with E-state index in [0.29, 0.717) is 5.92 Å². The van der Waals surface area contributed by atoms with Gasteiger partial charge in [-0.3, -0.25) is 0 Å². The molecule has 1 heterocycles. The molecule has 12 heavy (non-hydrogen) atoms. The van der Waals surface area contributed by atoms with E-state index in [4.69, 9.17) is 14.2 Å². The normalized spacial score (nSPS) is 42.0. The Kier molecular flexibility index (Phi) is 3.50. The molecular formula is C9H18O3. The zero-order chi connectivity index (χ0) is 9.14. The third-order valence-corrected chi connectivity index (χ3v) is 2.59. The third kappa shape index (κ3) is 1.63. The van der Waals surface area contributed by atoms with Gasteiger partial charge in [0.05, 0.1) is 6.10 Å². The predicted molar refractivity (Wildman–Crippen MR) is 45.9 cm³/mol. The monoisotopic (exact) mass is 174 g/mol. The minimum Gasteiger partial charge on any atom is -0.376 e. The summed E-state index contributed by atoms with van der Waals surface area (Å²) < 4.78 is 16.1. The smallest absolute Gasteiger partial charge is 0.184 e. The number of ether oxygens (including phenoxy) is 3. The van der Waals surface area contributed by atoms with Gasteiger partial charge in [-0.05, 0) is 6.42 Å². The Morgan fingerprint density at radius 3 is 2.25 bits per heavy atom. The van der Waals surface area contributed by atoms with Gasteiger partial charge in [-0.15, -0.1) is 0 Å². The van der Waals surface area contributed by atoms with Crippen molar-refractivity contribution in [2.75, 3.05) is 14.2 Å². The van der Waals surface area contributed by atoms with Crippen molar-refractivity contribution in [3.8, 4) is 0 Å². The first-order chi connectivity index (χ1) is 5.74. The van der Waals surface area contributed by atoms with E-state index < -0.39 is 0 Å². The average molecular weight is 174 g/mol. The number of methoxy groups -OCH3 is 2. The second-order valence-electron chi connectivity index (χ2n) is 3.25. The summed E-state index contributed by atoms with van der Waals surface area (Å²) in [5.41, 5.74) is 0. The highest BCUT2D eigenvalue weighted by atomic mass is 16.7. The van der Waals surface area contributed by atoms with Crippen LogP contribution in [0, 0.1) is 5.92 Å². The zero-order valence-corrected chi connectivity index (χ0v) is 8.24. The van der Waals surface area contributed by atoms with Crippen LogP contribution in [0.5, 0.6) is 0 Å². The molecule has 0 radical (unpaired) electrons. The fraction of sp³-hybridized carbons (Fsp3) is 1.00. The van der Waals surface area contributed by atoms with Gasteiger partial charge in [0.2, 0.25) is 0 Å². The van der Waals surface area contributed by atoms with Crippen molar-refractivity contribution in [2.24, 2.45) is 5.92 Å². The SMILES string of the molecule is CC[C@H]1O[C@H](OC)[C@H](OC)[C@@H]1C. The molecule has 0 amide bonds. The fourth-order valence-corrected chi connectivity index (χ4v) is 1.82. The van der Waals surface area contributed by atoms with Crippen LogP contribution in [0.25, 0.3) is 0 Å². The molecule has 0 aromatic heterocycles. The van der Waals surface area contributed by atoms with Gasteiger partial charge in [-0.2, -0.15) is 0 Å². The summed E-state index contributed by atoms with van der Waals surface area (Å²) in [4.78, 5) is 0. The van der Waals surface area contributed by atoms with Gasteiger partial charge in [0.25, 0.3) is 0 Å². The Labute approximate surface area is 74.0 Å². The molecule has 0 aromatic carbocycles. The van der Waals surface area contributed by atoms with Gasteiger partial charge < -0.3 is 14.2 Å². The van der Waals surface area contributed by atoms with Gasteiger partial charge in [-0.1, -0.05) is 13.8 Å². The van der Waals surface area contributed by atoms with Crippen molar-refractivity contribution < 1.29 is 14.2 Å². The summed E-state index contributed by atoms with van der Waals surface area (Å²) in [5, 5.41) is 0. The lowest BCUT2D eigenvalue weighted by Gasteiger charge is -2.17. The molecule has 4 atom stereocenters. The van der Waals surface area contributed by atoms with Crippen LogP contribution >= 0.6 is 0 Å². The van der Waals surface area contributed by atoms with E-state index in [1.54, 1.807) is 14.2 Å². The largest absolute Gasteiger partial charge is 0.376 e. The van der Waals surface area contributed by atoms with E-state index in [-0.39, 0.29) is 18.5 Å². The van der Waals surface area contributed by atoms with Crippen LogP contribution < -0.4 is 0 Å². The van der Waals surface area contributed by atoms with Gasteiger partial charge in [0, 0.05) is 20.1 Å². The summed E-state index contributed by atoms with van der Waals surface area (Å²) in [5.74, 6) is 0.421. The highest BCUT2D eigenvalue weighted by Gasteiger charge is 2.41. The maximum Gasteiger partial charge on any atom is 0.184 e. The minimum absolute atomic E-state index is 0.0833.